The van der Waals surface area contributed by atoms with Crippen LogP contribution in [0.4, 0.5) is 13.2 Å². The van der Waals surface area contributed by atoms with Gasteiger partial charge >= 0.3 is 6.18 Å². The highest BCUT2D eigenvalue weighted by Crippen LogP contribution is 2.25. The van der Waals surface area contributed by atoms with Crippen molar-refractivity contribution in [3.63, 3.8) is 0 Å². The number of nitrogens with zero attached hydrogens (tertiary/aromatic N) is 1. The first-order chi connectivity index (χ1) is 12.4. The summed E-state index contributed by atoms with van der Waals surface area (Å²) in [5.41, 5.74) is 0.0357. The Labute approximate surface area is 147 Å². The fraction of sp³-hybridized carbons (Fsp3) is 0.412. The molecule has 0 saturated carbocycles. The van der Waals surface area contributed by atoms with Gasteiger partial charge in [-0.25, -0.2) is 0 Å². The smallest absolute Gasteiger partial charge is 0.350 e. The number of amides is 1. The minimum atomic E-state index is -4.46. The van der Waals surface area contributed by atoms with Gasteiger partial charge in [0, 0.05) is 49.7 Å². The second-order valence-electron chi connectivity index (χ2n) is 6.15. The lowest BCUT2D eigenvalue weighted by Crippen LogP contribution is -2.57. The molecule has 1 unspecified atom stereocenters. The van der Waals surface area contributed by atoms with Gasteiger partial charge in [-0.05, 0) is 6.07 Å². The van der Waals surface area contributed by atoms with Gasteiger partial charge in [-0.15, -0.1) is 0 Å². The minimum absolute atomic E-state index is 0.0607. The van der Waals surface area contributed by atoms with E-state index in [4.69, 9.17) is 0 Å². The fourth-order valence-corrected chi connectivity index (χ4v) is 3.12. The van der Waals surface area contributed by atoms with E-state index in [0.717, 1.165) is 6.07 Å². The van der Waals surface area contributed by atoms with Crippen LogP contribution in [0.15, 0.2) is 35.1 Å². The van der Waals surface area contributed by atoms with Crippen LogP contribution in [-0.2, 0) is 0 Å². The van der Waals surface area contributed by atoms with Gasteiger partial charge < -0.3 is 15.6 Å². The molecule has 1 aromatic carbocycles. The second-order valence-corrected chi connectivity index (χ2v) is 6.15. The zero-order valence-corrected chi connectivity index (χ0v) is 13.9. The lowest BCUT2D eigenvalue weighted by Gasteiger charge is -2.35. The van der Waals surface area contributed by atoms with Crippen LogP contribution in [0, 0.1) is 0 Å². The van der Waals surface area contributed by atoms with Crippen LogP contribution in [0.25, 0.3) is 10.9 Å². The molecule has 140 valence electrons. The van der Waals surface area contributed by atoms with Crippen molar-refractivity contribution in [1.29, 1.82) is 0 Å². The summed E-state index contributed by atoms with van der Waals surface area (Å²) < 4.78 is 40.2. The third-order valence-electron chi connectivity index (χ3n) is 4.42. The Morgan fingerprint density at radius 1 is 1.23 bits per heavy atom. The number of H-pyrrole nitrogens is 1. The molecule has 1 atom stereocenters. The molecule has 0 bridgehead atoms. The first-order valence-electron chi connectivity index (χ1n) is 8.28. The number of aromatic amines is 1. The number of nitrogens with one attached hydrogen (secondary N) is 3. The number of benzene rings is 1. The van der Waals surface area contributed by atoms with Crippen LogP contribution in [0.1, 0.15) is 10.4 Å². The van der Waals surface area contributed by atoms with Crippen molar-refractivity contribution in [1.82, 2.24) is 20.5 Å². The Bertz CT molecular complexity index is 844. The van der Waals surface area contributed by atoms with E-state index < -0.39 is 30.2 Å². The van der Waals surface area contributed by atoms with Crippen LogP contribution in [0.2, 0.25) is 0 Å². The molecule has 3 N–H and O–H groups in total. The van der Waals surface area contributed by atoms with E-state index in [2.05, 4.69) is 15.6 Å². The summed E-state index contributed by atoms with van der Waals surface area (Å²) in [6.07, 6.45) is -4.46. The molecule has 0 aliphatic carbocycles. The summed E-state index contributed by atoms with van der Waals surface area (Å²) in [5, 5.41) is 5.83. The first kappa shape index (κ1) is 18.4. The summed E-state index contributed by atoms with van der Waals surface area (Å²) in [7, 11) is 0. The average molecular weight is 368 g/mol. The van der Waals surface area contributed by atoms with E-state index in [1.165, 1.54) is 4.90 Å². The molecule has 2 aromatic rings. The molecule has 0 radical (unpaired) electrons. The topological polar surface area (TPSA) is 77.2 Å². The van der Waals surface area contributed by atoms with Crippen LogP contribution >= 0.6 is 0 Å². The number of carbonyl (C=O) groups excluding carboxylic acids is 1. The second kappa shape index (κ2) is 7.46. The Morgan fingerprint density at radius 2 is 1.92 bits per heavy atom. The van der Waals surface area contributed by atoms with Crippen molar-refractivity contribution in [2.45, 2.75) is 12.2 Å². The molecule has 1 saturated heterocycles. The third kappa shape index (κ3) is 4.05. The molecule has 26 heavy (non-hydrogen) atoms. The Hall–Kier alpha value is -2.39. The molecule has 3 rings (SSSR count). The van der Waals surface area contributed by atoms with E-state index >= 15 is 0 Å². The lowest BCUT2D eigenvalue weighted by molar-refractivity contribution is -0.183. The molecule has 9 heteroatoms. The predicted octanol–water partition coefficient (Wildman–Crippen LogP) is 1.09. The zero-order chi connectivity index (χ0) is 18.7. The normalized spacial score (nSPS) is 17.2. The molecule has 6 nitrogen and oxygen atoms in total. The van der Waals surface area contributed by atoms with Gasteiger partial charge in [0.05, 0.1) is 5.56 Å². The number of fused-ring (bicyclic) bond motifs is 1. The van der Waals surface area contributed by atoms with Gasteiger partial charge in [0.2, 0.25) is 5.56 Å². The van der Waals surface area contributed by atoms with Gasteiger partial charge in [-0.1, -0.05) is 18.2 Å². The molecule has 0 spiro atoms. The minimum Gasteiger partial charge on any atom is -0.350 e. The number of pyridine rings is 1. The average Bonchev–Trinajstić information content (AvgIpc) is 2.60. The molecule has 2 heterocycles. The summed E-state index contributed by atoms with van der Waals surface area (Å²) >= 11 is 0. The molecule has 1 fully saturated rings. The number of hydrogen-bond donors (Lipinski definition) is 3. The van der Waals surface area contributed by atoms with Crippen molar-refractivity contribution >= 4 is 16.8 Å². The van der Waals surface area contributed by atoms with Crippen molar-refractivity contribution < 1.29 is 18.0 Å². The molecule has 1 aromatic heterocycles. The Kier molecular flexibility index (Phi) is 5.28. The summed E-state index contributed by atoms with van der Waals surface area (Å²) in [6, 6.07) is 6.00. The standard InChI is InChI=1S/C17H19F3N4O2/c18-17(19,20)14(24-7-5-21-6-8-24)10-22-16(26)12-9-15(25)23-13-4-2-1-3-11(12)13/h1-4,9,14,21H,5-8,10H2,(H,22,26)(H,23,25). The fourth-order valence-electron chi connectivity index (χ4n) is 3.12. The van der Waals surface area contributed by atoms with Crippen LogP contribution in [-0.4, -0.2) is 60.7 Å². The number of para-hydroxylation sites is 1. The number of alkyl halides is 3. The Morgan fingerprint density at radius 3 is 2.62 bits per heavy atom. The molecule has 1 aliphatic rings. The quantitative estimate of drug-likeness (QED) is 0.755. The van der Waals surface area contributed by atoms with Gasteiger partial charge in [0.25, 0.3) is 5.91 Å². The maximum absolute atomic E-state index is 13.4. The van der Waals surface area contributed by atoms with E-state index in [9.17, 15) is 22.8 Å². The molecular weight excluding hydrogens is 349 g/mol. The highest BCUT2D eigenvalue weighted by molar-refractivity contribution is 6.05. The van der Waals surface area contributed by atoms with Crippen molar-refractivity contribution in [3.8, 4) is 0 Å². The van der Waals surface area contributed by atoms with Crippen molar-refractivity contribution in [2.24, 2.45) is 0 Å². The van der Waals surface area contributed by atoms with Gasteiger partial charge in [-0.3, -0.25) is 14.5 Å². The Balaban J connectivity index is 1.80. The number of aromatic nitrogens is 1. The van der Waals surface area contributed by atoms with Gasteiger partial charge in [0.1, 0.15) is 6.04 Å². The number of piperazine rings is 1. The monoisotopic (exact) mass is 368 g/mol. The van der Waals surface area contributed by atoms with E-state index in [-0.39, 0.29) is 18.7 Å². The third-order valence-corrected chi connectivity index (χ3v) is 4.42. The van der Waals surface area contributed by atoms with Gasteiger partial charge in [-0.2, -0.15) is 13.2 Å². The van der Waals surface area contributed by atoms with Crippen LogP contribution in [0.5, 0.6) is 0 Å². The van der Waals surface area contributed by atoms with Crippen molar-refractivity contribution in [3.05, 3.63) is 46.2 Å². The van der Waals surface area contributed by atoms with E-state index in [1.54, 1.807) is 24.3 Å². The molecular formula is C17H19F3N4O2. The number of halogens is 3. The van der Waals surface area contributed by atoms with Crippen LogP contribution < -0.4 is 16.2 Å². The van der Waals surface area contributed by atoms with Crippen LogP contribution in [0.3, 0.4) is 0 Å². The predicted molar refractivity (Wildman–Crippen MR) is 91.2 cm³/mol. The number of hydrogen-bond acceptors (Lipinski definition) is 4. The number of rotatable bonds is 4. The van der Waals surface area contributed by atoms with E-state index in [0.29, 0.717) is 24.0 Å². The maximum Gasteiger partial charge on any atom is 0.405 e. The summed E-state index contributed by atoms with van der Waals surface area (Å²) in [5.74, 6) is -0.698. The highest BCUT2D eigenvalue weighted by atomic mass is 19.4. The van der Waals surface area contributed by atoms with Gasteiger partial charge in [0.15, 0.2) is 0 Å². The maximum atomic E-state index is 13.4. The number of carbonyl (C=O) groups is 1. The van der Waals surface area contributed by atoms with Crippen molar-refractivity contribution in [2.75, 3.05) is 32.7 Å². The lowest BCUT2D eigenvalue weighted by atomic mass is 10.1. The molecule has 1 amide bonds. The summed E-state index contributed by atoms with van der Waals surface area (Å²) in [6.45, 7) is 0.893. The first-order valence-corrected chi connectivity index (χ1v) is 8.28. The highest BCUT2D eigenvalue weighted by Gasteiger charge is 2.43. The summed E-state index contributed by atoms with van der Waals surface area (Å²) in [4.78, 5) is 28.1. The molecule has 1 aliphatic heterocycles. The SMILES string of the molecule is O=C(NCC(N1CCNCC1)C(F)(F)F)c1cc(=O)[nH]c2ccccc12. The largest absolute Gasteiger partial charge is 0.405 e. The van der Waals surface area contributed by atoms with E-state index in [1.807, 2.05) is 0 Å². The zero-order valence-electron chi connectivity index (χ0n) is 13.9.